The van der Waals surface area contributed by atoms with Crippen LogP contribution in [0.15, 0.2) is 24.3 Å². The first-order chi connectivity index (χ1) is 11.1. The maximum atomic E-state index is 14.0. The molecule has 2 saturated heterocycles. The normalized spacial score (nSPS) is 27.3. The fraction of sp³-hybridized carbons (Fsp3) is 0.667. The Morgan fingerprint density at radius 1 is 1.04 bits per heavy atom. The molecule has 2 aliphatic rings. The van der Waals surface area contributed by atoms with Crippen LogP contribution in [-0.4, -0.2) is 74.4 Å². The zero-order valence-electron chi connectivity index (χ0n) is 14.2. The number of halogens is 1. The molecule has 0 radical (unpaired) electrons. The van der Waals surface area contributed by atoms with E-state index in [-0.39, 0.29) is 5.82 Å². The van der Waals surface area contributed by atoms with E-state index in [0.29, 0.717) is 12.1 Å². The molecule has 0 unspecified atom stereocenters. The third kappa shape index (κ3) is 4.03. The van der Waals surface area contributed by atoms with Crippen LogP contribution in [0.1, 0.15) is 13.8 Å². The number of benzene rings is 1. The molecule has 2 fully saturated rings. The summed E-state index contributed by atoms with van der Waals surface area (Å²) >= 11 is 0. The molecule has 0 saturated carbocycles. The number of anilines is 1. The monoisotopic (exact) mass is 321 g/mol. The average Bonchev–Trinajstić information content (AvgIpc) is 2.55. The molecule has 128 valence electrons. The topological polar surface area (TPSA) is 19.0 Å². The highest BCUT2D eigenvalue weighted by Gasteiger charge is 2.26. The Balaban J connectivity index is 1.52. The van der Waals surface area contributed by atoms with E-state index in [0.717, 1.165) is 58.2 Å². The summed E-state index contributed by atoms with van der Waals surface area (Å²) in [6.07, 6.45) is 0. The van der Waals surface area contributed by atoms with E-state index in [1.165, 1.54) is 0 Å². The van der Waals surface area contributed by atoms with Crippen LogP contribution < -0.4 is 4.90 Å². The van der Waals surface area contributed by atoms with E-state index in [1.54, 1.807) is 12.1 Å². The second-order valence-electron chi connectivity index (χ2n) is 6.74. The molecule has 0 bridgehead atoms. The van der Waals surface area contributed by atoms with Gasteiger partial charge in [0.2, 0.25) is 0 Å². The van der Waals surface area contributed by atoms with Gasteiger partial charge in [-0.25, -0.2) is 4.39 Å². The predicted octanol–water partition coefficient (Wildman–Crippen LogP) is 2.06. The van der Waals surface area contributed by atoms with E-state index in [4.69, 9.17) is 4.74 Å². The number of hydrogen-bond donors (Lipinski definition) is 0. The van der Waals surface area contributed by atoms with E-state index in [2.05, 4.69) is 28.5 Å². The lowest BCUT2D eigenvalue weighted by molar-refractivity contribution is -0.00593. The number of morpholine rings is 1. The van der Waals surface area contributed by atoms with Crippen molar-refractivity contribution < 1.29 is 9.13 Å². The van der Waals surface area contributed by atoms with Crippen molar-refractivity contribution in [3.05, 3.63) is 30.1 Å². The molecule has 2 atom stereocenters. The van der Waals surface area contributed by atoms with Gasteiger partial charge in [-0.3, -0.25) is 9.80 Å². The van der Waals surface area contributed by atoms with Crippen molar-refractivity contribution in [3.8, 4) is 0 Å². The van der Waals surface area contributed by atoms with Gasteiger partial charge in [0, 0.05) is 51.4 Å². The standard InChI is InChI=1S/C18H28FN3O/c1-15-13-22(18-6-4-3-5-17(18)19)10-9-20(15)7-8-21-11-12-23-14-16(21)2/h3-6,15-16H,7-14H2,1-2H3/t15-,16+/m0/s1. The zero-order chi connectivity index (χ0) is 16.2. The molecule has 1 aromatic rings. The minimum Gasteiger partial charge on any atom is -0.379 e. The highest BCUT2D eigenvalue weighted by Crippen LogP contribution is 2.22. The molecule has 0 aromatic heterocycles. The maximum Gasteiger partial charge on any atom is 0.146 e. The minimum atomic E-state index is -0.115. The van der Waals surface area contributed by atoms with Gasteiger partial charge in [-0.05, 0) is 26.0 Å². The molecule has 2 heterocycles. The summed E-state index contributed by atoms with van der Waals surface area (Å²) in [4.78, 5) is 7.22. The molecule has 3 rings (SSSR count). The van der Waals surface area contributed by atoms with Gasteiger partial charge in [0.05, 0.1) is 18.9 Å². The van der Waals surface area contributed by atoms with E-state index >= 15 is 0 Å². The van der Waals surface area contributed by atoms with Crippen molar-refractivity contribution in [3.63, 3.8) is 0 Å². The van der Waals surface area contributed by atoms with Gasteiger partial charge >= 0.3 is 0 Å². The quantitative estimate of drug-likeness (QED) is 0.845. The Labute approximate surface area is 138 Å². The van der Waals surface area contributed by atoms with Crippen LogP contribution in [-0.2, 0) is 4.74 Å². The Bertz CT molecular complexity index is 513. The summed E-state index contributed by atoms with van der Waals surface area (Å²) < 4.78 is 19.5. The minimum absolute atomic E-state index is 0.115. The predicted molar refractivity (Wildman–Crippen MR) is 91.5 cm³/mol. The Morgan fingerprint density at radius 2 is 1.78 bits per heavy atom. The molecule has 0 aliphatic carbocycles. The Morgan fingerprint density at radius 3 is 2.48 bits per heavy atom. The van der Waals surface area contributed by atoms with Crippen LogP contribution >= 0.6 is 0 Å². The lowest BCUT2D eigenvalue weighted by atomic mass is 10.1. The molecular weight excluding hydrogens is 293 g/mol. The molecule has 5 heteroatoms. The number of ether oxygens (including phenoxy) is 1. The van der Waals surface area contributed by atoms with Crippen molar-refractivity contribution in [2.45, 2.75) is 25.9 Å². The van der Waals surface area contributed by atoms with Crippen molar-refractivity contribution in [1.82, 2.24) is 9.80 Å². The molecule has 0 N–H and O–H groups in total. The van der Waals surface area contributed by atoms with Gasteiger partial charge in [-0.2, -0.15) is 0 Å². The summed E-state index contributed by atoms with van der Waals surface area (Å²) in [5.41, 5.74) is 0.737. The van der Waals surface area contributed by atoms with Gasteiger partial charge in [0.25, 0.3) is 0 Å². The van der Waals surface area contributed by atoms with Crippen molar-refractivity contribution in [1.29, 1.82) is 0 Å². The third-order valence-electron chi connectivity index (χ3n) is 5.14. The molecule has 0 spiro atoms. The summed E-state index contributed by atoms with van der Waals surface area (Å²) in [5, 5.41) is 0. The van der Waals surface area contributed by atoms with Gasteiger partial charge in [-0.15, -0.1) is 0 Å². The first kappa shape index (κ1) is 16.7. The average molecular weight is 321 g/mol. The largest absolute Gasteiger partial charge is 0.379 e. The van der Waals surface area contributed by atoms with Crippen molar-refractivity contribution in [2.24, 2.45) is 0 Å². The summed E-state index contributed by atoms with van der Waals surface area (Å²) in [5.74, 6) is -0.115. The smallest absolute Gasteiger partial charge is 0.146 e. The van der Waals surface area contributed by atoms with Crippen LogP contribution in [0.5, 0.6) is 0 Å². The highest BCUT2D eigenvalue weighted by atomic mass is 19.1. The number of rotatable bonds is 4. The third-order valence-corrected chi connectivity index (χ3v) is 5.14. The molecule has 23 heavy (non-hydrogen) atoms. The first-order valence-electron chi connectivity index (χ1n) is 8.70. The van der Waals surface area contributed by atoms with Crippen LogP contribution in [0.3, 0.4) is 0 Å². The van der Waals surface area contributed by atoms with Crippen LogP contribution in [0, 0.1) is 5.82 Å². The zero-order valence-corrected chi connectivity index (χ0v) is 14.2. The van der Waals surface area contributed by atoms with E-state index < -0.39 is 0 Å². The summed E-state index contributed by atoms with van der Waals surface area (Å²) in [7, 11) is 0. The van der Waals surface area contributed by atoms with Gasteiger partial charge in [-0.1, -0.05) is 12.1 Å². The van der Waals surface area contributed by atoms with Crippen LogP contribution in [0.2, 0.25) is 0 Å². The number of piperazine rings is 1. The first-order valence-corrected chi connectivity index (χ1v) is 8.70. The summed E-state index contributed by atoms with van der Waals surface area (Å²) in [6.45, 7) is 12.2. The van der Waals surface area contributed by atoms with E-state index in [9.17, 15) is 4.39 Å². The lowest BCUT2D eigenvalue weighted by Crippen LogP contribution is -2.55. The van der Waals surface area contributed by atoms with Gasteiger partial charge < -0.3 is 9.64 Å². The fourth-order valence-electron chi connectivity index (χ4n) is 3.60. The molecule has 0 amide bonds. The Kier molecular flexibility index (Phi) is 5.51. The van der Waals surface area contributed by atoms with Crippen LogP contribution in [0.4, 0.5) is 10.1 Å². The van der Waals surface area contributed by atoms with Crippen molar-refractivity contribution in [2.75, 3.05) is 57.4 Å². The number of hydrogen-bond acceptors (Lipinski definition) is 4. The SMILES string of the molecule is C[C@@H]1COCCN1CCN1CCN(c2ccccc2F)C[C@@H]1C. The highest BCUT2D eigenvalue weighted by molar-refractivity contribution is 5.48. The van der Waals surface area contributed by atoms with Gasteiger partial charge in [0.15, 0.2) is 0 Å². The van der Waals surface area contributed by atoms with Gasteiger partial charge in [0.1, 0.15) is 5.82 Å². The molecule has 2 aliphatic heterocycles. The molecule has 4 nitrogen and oxygen atoms in total. The number of para-hydroxylation sites is 1. The van der Waals surface area contributed by atoms with Crippen LogP contribution in [0.25, 0.3) is 0 Å². The second kappa shape index (κ2) is 7.60. The Hall–Kier alpha value is -1.17. The number of nitrogens with zero attached hydrogens (tertiary/aromatic N) is 3. The molecule has 1 aromatic carbocycles. The lowest BCUT2D eigenvalue weighted by Gasteiger charge is -2.42. The second-order valence-corrected chi connectivity index (χ2v) is 6.74. The summed E-state index contributed by atoms with van der Waals surface area (Å²) in [6, 6.07) is 8.05. The molecular formula is C18H28FN3O. The fourth-order valence-corrected chi connectivity index (χ4v) is 3.60. The maximum absolute atomic E-state index is 14.0. The van der Waals surface area contributed by atoms with E-state index in [1.807, 2.05) is 12.1 Å². The van der Waals surface area contributed by atoms with Crippen molar-refractivity contribution >= 4 is 5.69 Å².